The van der Waals surface area contributed by atoms with Crippen LogP contribution in [0.4, 0.5) is 0 Å². The van der Waals surface area contributed by atoms with Gasteiger partial charge in [-0.1, -0.05) is 26.7 Å². The second kappa shape index (κ2) is 10.8. The maximum Gasteiger partial charge on any atom is 0.303 e. The van der Waals surface area contributed by atoms with Gasteiger partial charge in [0.25, 0.3) is 0 Å². The standard InChI is InChI=1S/C14H28N2O3/c1-3-4-12(5-6-14(18)19)7-8-16-13(17)9-11(2)10-15/h11-12H,3-10,15H2,1-2H3,(H,16,17)(H,18,19). The first-order valence-corrected chi connectivity index (χ1v) is 7.18. The third kappa shape index (κ3) is 10.5. The lowest BCUT2D eigenvalue weighted by Crippen LogP contribution is -2.29. The number of nitrogens with two attached hydrogens (primary N) is 1. The van der Waals surface area contributed by atoms with Crippen molar-refractivity contribution in [3.05, 3.63) is 0 Å². The molecule has 1 amide bonds. The number of carbonyl (C=O) groups excluding carboxylic acids is 1. The summed E-state index contributed by atoms with van der Waals surface area (Å²) in [7, 11) is 0. The summed E-state index contributed by atoms with van der Waals surface area (Å²) in [5.74, 6) is -0.125. The summed E-state index contributed by atoms with van der Waals surface area (Å²) < 4.78 is 0. The van der Waals surface area contributed by atoms with Crippen molar-refractivity contribution in [2.45, 2.75) is 52.4 Å². The molecular weight excluding hydrogens is 244 g/mol. The molecule has 112 valence electrons. The zero-order valence-corrected chi connectivity index (χ0v) is 12.2. The highest BCUT2D eigenvalue weighted by molar-refractivity contribution is 5.76. The Balaban J connectivity index is 3.84. The monoisotopic (exact) mass is 272 g/mol. The van der Waals surface area contributed by atoms with E-state index in [0.29, 0.717) is 31.8 Å². The number of aliphatic carboxylic acids is 1. The highest BCUT2D eigenvalue weighted by Gasteiger charge is 2.11. The molecule has 0 aliphatic heterocycles. The van der Waals surface area contributed by atoms with Crippen molar-refractivity contribution in [2.75, 3.05) is 13.1 Å². The van der Waals surface area contributed by atoms with Crippen molar-refractivity contribution in [1.82, 2.24) is 5.32 Å². The Hall–Kier alpha value is -1.10. The van der Waals surface area contributed by atoms with Crippen molar-refractivity contribution >= 4 is 11.9 Å². The average molecular weight is 272 g/mol. The molecule has 2 unspecified atom stereocenters. The Morgan fingerprint density at radius 1 is 1.26 bits per heavy atom. The molecule has 0 fully saturated rings. The van der Waals surface area contributed by atoms with Gasteiger partial charge in [-0.3, -0.25) is 9.59 Å². The summed E-state index contributed by atoms with van der Waals surface area (Å²) in [5, 5.41) is 11.6. The summed E-state index contributed by atoms with van der Waals surface area (Å²) >= 11 is 0. The number of carboxylic acid groups (broad SMARTS) is 1. The van der Waals surface area contributed by atoms with E-state index in [1.54, 1.807) is 0 Å². The van der Waals surface area contributed by atoms with E-state index in [9.17, 15) is 9.59 Å². The molecule has 5 nitrogen and oxygen atoms in total. The summed E-state index contributed by atoms with van der Waals surface area (Å²) in [6.07, 6.45) is 4.28. The lowest BCUT2D eigenvalue weighted by molar-refractivity contribution is -0.137. The molecule has 19 heavy (non-hydrogen) atoms. The molecule has 0 bridgehead atoms. The van der Waals surface area contributed by atoms with Crippen LogP contribution in [0.1, 0.15) is 52.4 Å². The van der Waals surface area contributed by atoms with Crippen LogP contribution in [-0.4, -0.2) is 30.1 Å². The highest BCUT2D eigenvalue weighted by Crippen LogP contribution is 2.17. The molecule has 0 rings (SSSR count). The molecule has 0 saturated carbocycles. The van der Waals surface area contributed by atoms with Gasteiger partial charge < -0.3 is 16.2 Å². The molecule has 0 aromatic heterocycles. The zero-order chi connectivity index (χ0) is 14.7. The number of nitrogens with one attached hydrogen (secondary N) is 1. The molecule has 0 heterocycles. The van der Waals surface area contributed by atoms with Crippen molar-refractivity contribution in [3.63, 3.8) is 0 Å². The normalized spacial score (nSPS) is 13.8. The van der Waals surface area contributed by atoms with Gasteiger partial charge in [0.05, 0.1) is 0 Å². The highest BCUT2D eigenvalue weighted by atomic mass is 16.4. The minimum absolute atomic E-state index is 0.0337. The van der Waals surface area contributed by atoms with Crippen molar-refractivity contribution in [2.24, 2.45) is 17.6 Å². The van der Waals surface area contributed by atoms with Gasteiger partial charge in [-0.2, -0.15) is 0 Å². The lowest BCUT2D eigenvalue weighted by Gasteiger charge is -2.16. The number of rotatable bonds is 11. The van der Waals surface area contributed by atoms with E-state index >= 15 is 0 Å². The van der Waals surface area contributed by atoms with E-state index in [4.69, 9.17) is 10.8 Å². The Bertz CT molecular complexity index is 269. The van der Waals surface area contributed by atoms with E-state index in [1.165, 1.54) is 0 Å². The number of hydrogen-bond donors (Lipinski definition) is 3. The van der Waals surface area contributed by atoms with E-state index in [-0.39, 0.29) is 18.2 Å². The minimum atomic E-state index is -0.748. The smallest absolute Gasteiger partial charge is 0.303 e. The maximum absolute atomic E-state index is 11.6. The molecule has 0 radical (unpaired) electrons. The predicted molar refractivity (Wildman–Crippen MR) is 75.7 cm³/mol. The van der Waals surface area contributed by atoms with Crippen LogP contribution in [0.25, 0.3) is 0 Å². The van der Waals surface area contributed by atoms with E-state index < -0.39 is 5.97 Å². The molecule has 5 heteroatoms. The van der Waals surface area contributed by atoms with Crippen molar-refractivity contribution < 1.29 is 14.7 Å². The molecule has 0 aromatic rings. The van der Waals surface area contributed by atoms with Gasteiger partial charge in [-0.25, -0.2) is 0 Å². The Kier molecular flexibility index (Phi) is 10.2. The first kappa shape index (κ1) is 17.9. The number of carboxylic acids is 1. The zero-order valence-electron chi connectivity index (χ0n) is 12.2. The fraction of sp³-hybridized carbons (Fsp3) is 0.857. The summed E-state index contributed by atoms with van der Waals surface area (Å²) in [6.45, 7) is 5.19. The van der Waals surface area contributed by atoms with Gasteiger partial charge in [0.2, 0.25) is 5.91 Å². The number of hydrogen-bond acceptors (Lipinski definition) is 3. The molecular formula is C14H28N2O3. The topological polar surface area (TPSA) is 92.4 Å². The van der Waals surface area contributed by atoms with Crippen LogP contribution >= 0.6 is 0 Å². The first-order chi connectivity index (χ1) is 8.99. The van der Waals surface area contributed by atoms with Gasteiger partial charge in [-0.05, 0) is 31.2 Å². The second-order valence-corrected chi connectivity index (χ2v) is 5.27. The fourth-order valence-corrected chi connectivity index (χ4v) is 2.06. The first-order valence-electron chi connectivity index (χ1n) is 7.18. The fourth-order valence-electron chi connectivity index (χ4n) is 2.06. The molecule has 0 aromatic carbocycles. The SMILES string of the molecule is CCCC(CCNC(=O)CC(C)CN)CCC(=O)O. The number of carbonyl (C=O) groups is 2. The summed E-state index contributed by atoms with van der Waals surface area (Å²) in [4.78, 5) is 22.1. The van der Waals surface area contributed by atoms with Crippen LogP contribution in [0.3, 0.4) is 0 Å². The van der Waals surface area contributed by atoms with Gasteiger partial charge in [-0.15, -0.1) is 0 Å². The van der Waals surface area contributed by atoms with Crippen LogP contribution < -0.4 is 11.1 Å². The average Bonchev–Trinajstić information content (AvgIpc) is 2.35. The molecule has 0 spiro atoms. The van der Waals surface area contributed by atoms with E-state index in [2.05, 4.69) is 12.2 Å². The Morgan fingerprint density at radius 3 is 2.47 bits per heavy atom. The van der Waals surface area contributed by atoms with Gasteiger partial charge in [0, 0.05) is 19.4 Å². The van der Waals surface area contributed by atoms with Crippen LogP contribution in [0.2, 0.25) is 0 Å². The summed E-state index contributed by atoms with van der Waals surface area (Å²) in [5.41, 5.74) is 5.47. The molecule has 2 atom stereocenters. The molecule has 0 aliphatic rings. The number of amides is 1. The Morgan fingerprint density at radius 2 is 1.95 bits per heavy atom. The second-order valence-electron chi connectivity index (χ2n) is 5.27. The third-order valence-corrected chi connectivity index (χ3v) is 3.27. The maximum atomic E-state index is 11.6. The summed E-state index contributed by atoms with van der Waals surface area (Å²) in [6, 6.07) is 0. The van der Waals surface area contributed by atoms with Gasteiger partial charge >= 0.3 is 5.97 Å². The third-order valence-electron chi connectivity index (χ3n) is 3.27. The largest absolute Gasteiger partial charge is 0.481 e. The van der Waals surface area contributed by atoms with E-state index in [0.717, 1.165) is 19.3 Å². The van der Waals surface area contributed by atoms with Crippen LogP contribution in [0.15, 0.2) is 0 Å². The molecule has 0 saturated heterocycles. The lowest BCUT2D eigenvalue weighted by atomic mass is 9.94. The van der Waals surface area contributed by atoms with Crippen LogP contribution in [-0.2, 0) is 9.59 Å². The minimum Gasteiger partial charge on any atom is -0.481 e. The Labute approximate surface area is 115 Å². The van der Waals surface area contributed by atoms with Crippen LogP contribution in [0.5, 0.6) is 0 Å². The molecule has 4 N–H and O–H groups in total. The van der Waals surface area contributed by atoms with E-state index in [1.807, 2.05) is 6.92 Å². The van der Waals surface area contributed by atoms with Crippen molar-refractivity contribution in [1.29, 1.82) is 0 Å². The van der Waals surface area contributed by atoms with Crippen LogP contribution in [0, 0.1) is 11.8 Å². The van der Waals surface area contributed by atoms with Gasteiger partial charge in [0.1, 0.15) is 0 Å². The van der Waals surface area contributed by atoms with Crippen molar-refractivity contribution in [3.8, 4) is 0 Å². The predicted octanol–water partition coefficient (Wildman–Crippen LogP) is 1.76. The van der Waals surface area contributed by atoms with Gasteiger partial charge in [0.15, 0.2) is 0 Å². The molecule has 0 aliphatic carbocycles. The quantitative estimate of drug-likeness (QED) is 0.534.